The lowest BCUT2D eigenvalue weighted by molar-refractivity contribution is 0.585. The number of aromatic nitrogens is 2. The van der Waals surface area contributed by atoms with Crippen molar-refractivity contribution >= 4 is 11.6 Å². The molecule has 0 saturated carbocycles. The molecule has 0 aliphatic carbocycles. The summed E-state index contributed by atoms with van der Waals surface area (Å²) < 4.78 is 0. The van der Waals surface area contributed by atoms with Gasteiger partial charge in [-0.25, -0.2) is 9.97 Å². The molecule has 3 rings (SSSR count). The average Bonchev–Trinajstić information content (AvgIpc) is 2.53. The molecule has 0 saturated heterocycles. The van der Waals surface area contributed by atoms with Crippen LogP contribution in [0, 0.1) is 6.92 Å². The summed E-state index contributed by atoms with van der Waals surface area (Å²) in [4.78, 5) is 11.6. The highest BCUT2D eigenvalue weighted by Gasteiger charge is 2.24. The van der Waals surface area contributed by atoms with Crippen molar-refractivity contribution in [3.05, 3.63) is 47.3 Å². The number of anilines is 2. The number of nitrogens with one attached hydrogen (secondary N) is 1. The van der Waals surface area contributed by atoms with Crippen LogP contribution in [0.5, 0.6) is 0 Å². The van der Waals surface area contributed by atoms with Gasteiger partial charge in [0.05, 0.1) is 0 Å². The third-order valence-corrected chi connectivity index (χ3v) is 4.63. The quantitative estimate of drug-likeness (QED) is 0.928. The lowest BCUT2D eigenvalue weighted by atomic mass is 9.95. The lowest BCUT2D eigenvalue weighted by Crippen LogP contribution is -2.39. The number of hydrogen-bond donors (Lipinski definition) is 1. The summed E-state index contributed by atoms with van der Waals surface area (Å²) in [5, 5.41) is 3.47. The first-order chi connectivity index (χ1) is 11.1. The second-order valence-corrected chi connectivity index (χ2v) is 6.56. The predicted octanol–water partition coefficient (Wildman–Crippen LogP) is 3.95. The minimum atomic E-state index is 0.414. The van der Waals surface area contributed by atoms with E-state index >= 15 is 0 Å². The smallest absolute Gasteiger partial charge is 0.134 e. The molecule has 1 aliphatic rings. The Balaban J connectivity index is 1.89. The van der Waals surface area contributed by atoms with Crippen LogP contribution in [0.4, 0.5) is 11.6 Å². The highest BCUT2D eigenvalue weighted by Crippen LogP contribution is 2.28. The van der Waals surface area contributed by atoms with Gasteiger partial charge >= 0.3 is 0 Å². The molecule has 2 aromatic rings. The number of aryl methyl sites for hydroxylation is 1. The molecule has 23 heavy (non-hydrogen) atoms. The molecule has 1 aromatic carbocycles. The van der Waals surface area contributed by atoms with Gasteiger partial charge in [0, 0.05) is 24.7 Å². The Bertz CT molecular complexity index is 683. The van der Waals surface area contributed by atoms with Crippen LogP contribution in [0.3, 0.4) is 0 Å². The van der Waals surface area contributed by atoms with Crippen molar-refractivity contribution in [2.45, 2.75) is 59.2 Å². The van der Waals surface area contributed by atoms with E-state index in [9.17, 15) is 0 Å². The van der Waals surface area contributed by atoms with Crippen LogP contribution >= 0.6 is 0 Å². The van der Waals surface area contributed by atoms with Crippen molar-refractivity contribution in [3.63, 3.8) is 0 Å². The molecular formula is C19H26N4. The summed E-state index contributed by atoms with van der Waals surface area (Å²) in [5.41, 5.74) is 2.86. The Morgan fingerprint density at radius 2 is 2.00 bits per heavy atom. The largest absolute Gasteiger partial charge is 0.367 e. The van der Waals surface area contributed by atoms with Gasteiger partial charge in [0.25, 0.3) is 0 Å². The van der Waals surface area contributed by atoms with E-state index in [0.717, 1.165) is 36.8 Å². The molecule has 2 heterocycles. The minimum Gasteiger partial charge on any atom is -0.367 e. The summed E-state index contributed by atoms with van der Waals surface area (Å²) in [7, 11) is 0. The average molecular weight is 310 g/mol. The van der Waals surface area contributed by atoms with Gasteiger partial charge in [-0.2, -0.15) is 0 Å². The van der Waals surface area contributed by atoms with E-state index in [1.807, 2.05) is 6.92 Å². The van der Waals surface area contributed by atoms with Crippen molar-refractivity contribution in [3.8, 4) is 0 Å². The van der Waals surface area contributed by atoms with Crippen LogP contribution in [0.15, 0.2) is 30.3 Å². The van der Waals surface area contributed by atoms with E-state index in [4.69, 9.17) is 0 Å². The first kappa shape index (κ1) is 15.8. The van der Waals surface area contributed by atoms with Gasteiger partial charge in [0.1, 0.15) is 17.5 Å². The lowest BCUT2D eigenvalue weighted by Gasteiger charge is -2.36. The van der Waals surface area contributed by atoms with Crippen LogP contribution in [-0.2, 0) is 13.0 Å². The molecule has 1 N–H and O–H groups in total. The number of hydrogen-bond acceptors (Lipinski definition) is 4. The molecule has 4 heteroatoms. The van der Waals surface area contributed by atoms with Gasteiger partial charge in [0.2, 0.25) is 0 Å². The Labute approximate surface area is 139 Å². The molecule has 1 aromatic heterocycles. The van der Waals surface area contributed by atoms with Crippen LogP contribution in [0.1, 0.15) is 44.1 Å². The van der Waals surface area contributed by atoms with Crippen molar-refractivity contribution in [2.24, 2.45) is 0 Å². The number of fused-ring (bicyclic) bond motifs is 1. The third kappa shape index (κ3) is 3.46. The van der Waals surface area contributed by atoms with Gasteiger partial charge in [-0.1, -0.05) is 31.2 Å². The highest BCUT2D eigenvalue weighted by molar-refractivity contribution is 5.52. The highest BCUT2D eigenvalue weighted by atomic mass is 15.2. The molecule has 2 atom stereocenters. The topological polar surface area (TPSA) is 41.0 Å². The van der Waals surface area contributed by atoms with Crippen LogP contribution in [0.2, 0.25) is 0 Å². The summed E-state index contributed by atoms with van der Waals surface area (Å²) in [6, 6.07) is 11.7. The van der Waals surface area contributed by atoms with E-state index in [-0.39, 0.29) is 0 Å². The number of rotatable bonds is 4. The zero-order chi connectivity index (χ0) is 16.4. The van der Waals surface area contributed by atoms with Gasteiger partial charge in [0.15, 0.2) is 0 Å². The molecule has 0 unspecified atom stereocenters. The third-order valence-electron chi connectivity index (χ3n) is 4.63. The van der Waals surface area contributed by atoms with E-state index in [0.29, 0.717) is 12.1 Å². The maximum atomic E-state index is 4.69. The molecular weight excluding hydrogens is 284 g/mol. The Hall–Kier alpha value is -2.10. The molecule has 0 fully saturated rings. The molecule has 122 valence electrons. The first-order valence-corrected chi connectivity index (χ1v) is 8.52. The zero-order valence-electron chi connectivity index (χ0n) is 14.5. The van der Waals surface area contributed by atoms with Gasteiger partial charge in [-0.3, -0.25) is 0 Å². The predicted molar refractivity (Wildman–Crippen MR) is 95.9 cm³/mol. The van der Waals surface area contributed by atoms with E-state index in [2.05, 4.69) is 71.3 Å². The standard InChI is InChI=1S/C19H26N4/c1-5-13(2)20-18-11-19(22-15(4)21-18)23-12-17-9-7-6-8-16(17)10-14(23)3/h6-9,11,13-14H,5,10,12H2,1-4H3,(H,20,21,22)/t13-,14+/m1/s1. The minimum absolute atomic E-state index is 0.414. The summed E-state index contributed by atoms with van der Waals surface area (Å²) >= 11 is 0. The van der Waals surface area contributed by atoms with Crippen molar-refractivity contribution in [1.82, 2.24) is 9.97 Å². The summed E-state index contributed by atoms with van der Waals surface area (Å²) in [6.07, 6.45) is 2.14. The fraction of sp³-hybridized carbons (Fsp3) is 0.474. The van der Waals surface area contributed by atoms with Crippen LogP contribution in [-0.4, -0.2) is 22.1 Å². The first-order valence-electron chi connectivity index (χ1n) is 8.52. The normalized spacial score (nSPS) is 18.4. The number of benzene rings is 1. The fourth-order valence-electron chi connectivity index (χ4n) is 3.11. The second-order valence-electron chi connectivity index (χ2n) is 6.56. The maximum Gasteiger partial charge on any atom is 0.134 e. The zero-order valence-corrected chi connectivity index (χ0v) is 14.5. The SMILES string of the molecule is CC[C@@H](C)Nc1cc(N2Cc3ccccc3C[C@@H]2C)nc(C)n1. The molecule has 0 bridgehead atoms. The Morgan fingerprint density at radius 3 is 2.74 bits per heavy atom. The summed E-state index contributed by atoms with van der Waals surface area (Å²) in [6.45, 7) is 9.51. The van der Waals surface area contributed by atoms with Gasteiger partial charge in [-0.05, 0) is 44.7 Å². The Morgan fingerprint density at radius 1 is 1.26 bits per heavy atom. The monoisotopic (exact) mass is 310 g/mol. The van der Waals surface area contributed by atoms with Crippen molar-refractivity contribution in [2.75, 3.05) is 10.2 Å². The maximum absolute atomic E-state index is 4.69. The second kappa shape index (κ2) is 6.57. The summed E-state index contributed by atoms with van der Waals surface area (Å²) in [5.74, 6) is 2.76. The van der Waals surface area contributed by atoms with Gasteiger partial charge in [-0.15, -0.1) is 0 Å². The molecule has 0 amide bonds. The van der Waals surface area contributed by atoms with Crippen LogP contribution < -0.4 is 10.2 Å². The van der Waals surface area contributed by atoms with Crippen LogP contribution in [0.25, 0.3) is 0 Å². The van der Waals surface area contributed by atoms with E-state index in [1.54, 1.807) is 0 Å². The molecule has 4 nitrogen and oxygen atoms in total. The Kier molecular flexibility index (Phi) is 4.51. The van der Waals surface area contributed by atoms with E-state index < -0.39 is 0 Å². The van der Waals surface area contributed by atoms with E-state index in [1.165, 1.54) is 11.1 Å². The fourth-order valence-corrected chi connectivity index (χ4v) is 3.11. The molecule has 1 aliphatic heterocycles. The van der Waals surface area contributed by atoms with Crippen molar-refractivity contribution in [1.29, 1.82) is 0 Å². The van der Waals surface area contributed by atoms with Gasteiger partial charge < -0.3 is 10.2 Å². The van der Waals surface area contributed by atoms with Crippen molar-refractivity contribution < 1.29 is 0 Å². The molecule has 0 spiro atoms. The number of nitrogens with zero attached hydrogens (tertiary/aromatic N) is 3. The molecule has 0 radical (unpaired) electrons.